The van der Waals surface area contributed by atoms with E-state index in [0.29, 0.717) is 5.92 Å². The number of allylic oxidation sites excluding steroid dienone is 2. The van der Waals surface area contributed by atoms with E-state index in [9.17, 15) is 0 Å². The molecule has 70 valence electrons. The highest BCUT2D eigenvalue weighted by Crippen LogP contribution is 2.44. The maximum atomic E-state index is 4.35. The number of nitrogens with one attached hydrogen (secondary N) is 1. The summed E-state index contributed by atoms with van der Waals surface area (Å²) in [5.41, 5.74) is 1.32. The van der Waals surface area contributed by atoms with E-state index in [2.05, 4.69) is 47.6 Å². The highest BCUT2D eigenvalue weighted by molar-refractivity contribution is 5.61. The maximum absolute atomic E-state index is 4.35. The highest BCUT2D eigenvalue weighted by Gasteiger charge is 2.40. The van der Waals surface area contributed by atoms with Crippen LogP contribution in [-0.4, -0.2) is 10.5 Å². The molecule has 1 aliphatic heterocycles. The second kappa shape index (κ2) is 2.47. The fourth-order valence-electron chi connectivity index (χ4n) is 2.31. The van der Waals surface area contributed by atoms with Gasteiger partial charge in [-0.1, -0.05) is 30.4 Å². The topological polar surface area (TPSA) is 24.9 Å². The molecular formula is C12H12N2. The Morgan fingerprint density at radius 1 is 1.43 bits per heavy atom. The van der Waals surface area contributed by atoms with Crippen LogP contribution in [0.15, 0.2) is 42.6 Å². The molecule has 1 N–H and O–H groups in total. The molecule has 2 heteroatoms. The molecular weight excluding hydrogens is 172 g/mol. The molecule has 2 heterocycles. The molecule has 2 aliphatic rings. The lowest BCUT2D eigenvalue weighted by atomic mass is 9.81. The van der Waals surface area contributed by atoms with Gasteiger partial charge in [0.1, 0.15) is 5.82 Å². The molecule has 2 nitrogen and oxygen atoms in total. The lowest BCUT2D eigenvalue weighted by Crippen LogP contribution is -2.33. The molecule has 0 fully saturated rings. The van der Waals surface area contributed by atoms with Crippen molar-refractivity contribution in [3.63, 3.8) is 0 Å². The lowest BCUT2D eigenvalue weighted by molar-refractivity contribution is 0.595. The molecule has 0 amide bonds. The minimum atomic E-state index is 0.0193. The van der Waals surface area contributed by atoms with Gasteiger partial charge in [0.05, 0.1) is 5.54 Å². The van der Waals surface area contributed by atoms with Gasteiger partial charge in [0.25, 0.3) is 0 Å². The third-order valence-corrected chi connectivity index (χ3v) is 3.06. The third kappa shape index (κ3) is 0.882. The molecule has 0 saturated heterocycles. The second-order valence-corrected chi connectivity index (χ2v) is 4.07. The number of anilines is 1. The van der Waals surface area contributed by atoms with Gasteiger partial charge in [-0.15, -0.1) is 0 Å². The van der Waals surface area contributed by atoms with Gasteiger partial charge in [-0.2, -0.15) is 0 Å². The predicted octanol–water partition coefficient (Wildman–Crippen LogP) is 2.48. The van der Waals surface area contributed by atoms with Crippen LogP contribution in [0.3, 0.4) is 0 Å². The minimum absolute atomic E-state index is 0.0193. The van der Waals surface area contributed by atoms with E-state index in [-0.39, 0.29) is 5.54 Å². The largest absolute Gasteiger partial charge is 0.360 e. The van der Waals surface area contributed by atoms with Gasteiger partial charge in [0.2, 0.25) is 0 Å². The monoisotopic (exact) mass is 184 g/mol. The van der Waals surface area contributed by atoms with Crippen molar-refractivity contribution in [2.24, 2.45) is 0 Å². The Bertz CT molecular complexity index is 434. The fraction of sp³-hybridized carbons (Fsp3) is 0.250. The molecule has 1 aromatic heterocycles. The van der Waals surface area contributed by atoms with E-state index in [1.54, 1.807) is 0 Å². The SMILES string of the molecule is CC12C=CC=CC1c1cccnc1N2. The summed E-state index contributed by atoms with van der Waals surface area (Å²) >= 11 is 0. The number of pyridine rings is 1. The number of aromatic nitrogens is 1. The van der Waals surface area contributed by atoms with Crippen LogP contribution in [0.25, 0.3) is 0 Å². The average Bonchev–Trinajstić information content (AvgIpc) is 2.49. The van der Waals surface area contributed by atoms with Crippen LogP contribution in [0.2, 0.25) is 0 Å². The first-order chi connectivity index (χ1) is 6.80. The van der Waals surface area contributed by atoms with Crippen molar-refractivity contribution >= 4 is 5.82 Å². The predicted molar refractivity (Wildman–Crippen MR) is 57.3 cm³/mol. The molecule has 0 saturated carbocycles. The quantitative estimate of drug-likeness (QED) is 0.670. The van der Waals surface area contributed by atoms with Crippen LogP contribution in [0.4, 0.5) is 5.82 Å². The molecule has 2 unspecified atom stereocenters. The van der Waals surface area contributed by atoms with Gasteiger partial charge in [0.15, 0.2) is 0 Å². The molecule has 1 aliphatic carbocycles. The van der Waals surface area contributed by atoms with E-state index < -0.39 is 0 Å². The van der Waals surface area contributed by atoms with Crippen LogP contribution in [0, 0.1) is 0 Å². The summed E-state index contributed by atoms with van der Waals surface area (Å²) in [5, 5.41) is 3.46. The normalized spacial score (nSPS) is 32.2. The summed E-state index contributed by atoms with van der Waals surface area (Å²) in [6.07, 6.45) is 10.5. The molecule has 14 heavy (non-hydrogen) atoms. The summed E-state index contributed by atoms with van der Waals surface area (Å²) in [6, 6.07) is 4.15. The van der Waals surface area contributed by atoms with Crippen molar-refractivity contribution in [1.82, 2.24) is 4.98 Å². The average molecular weight is 184 g/mol. The highest BCUT2D eigenvalue weighted by atomic mass is 15.1. The molecule has 3 rings (SSSR count). The molecule has 0 aromatic carbocycles. The number of hydrogen-bond acceptors (Lipinski definition) is 2. The van der Waals surface area contributed by atoms with Crippen molar-refractivity contribution in [2.45, 2.75) is 18.4 Å². The Hall–Kier alpha value is -1.57. The number of hydrogen-bond donors (Lipinski definition) is 1. The zero-order valence-corrected chi connectivity index (χ0v) is 8.07. The van der Waals surface area contributed by atoms with E-state index in [0.717, 1.165) is 5.82 Å². The molecule has 1 aromatic rings. The zero-order valence-electron chi connectivity index (χ0n) is 8.07. The Labute approximate surface area is 83.4 Å². The van der Waals surface area contributed by atoms with Gasteiger partial charge in [-0.3, -0.25) is 0 Å². The van der Waals surface area contributed by atoms with Crippen LogP contribution in [0.5, 0.6) is 0 Å². The molecule has 0 spiro atoms. The van der Waals surface area contributed by atoms with Crippen LogP contribution in [-0.2, 0) is 0 Å². The summed E-state index contributed by atoms with van der Waals surface area (Å²) in [4.78, 5) is 4.35. The lowest BCUT2D eigenvalue weighted by Gasteiger charge is -2.28. The summed E-state index contributed by atoms with van der Waals surface area (Å²) in [7, 11) is 0. The maximum Gasteiger partial charge on any atom is 0.130 e. The summed E-state index contributed by atoms with van der Waals surface area (Å²) in [5.74, 6) is 1.45. The molecule has 0 bridgehead atoms. The van der Waals surface area contributed by atoms with Crippen molar-refractivity contribution in [3.05, 3.63) is 48.2 Å². The minimum Gasteiger partial charge on any atom is -0.360 e. The Kier molecular flexibility index (Phi) is 1.38. The first-order valence-electron chi connectivity index (χ1n) is 4.89. The molecule has 2 atom stereocenters. The van der Waals surface area contributed by atoms with Crippen LogP contribution < -0.4 is 5.32 Å². The van der Waals surface area contributed by atoms with E-state index in [1.165, 1.54) is 5.56 Å². The first-order valence-corrected chi connectivity index (χ1v) is 4.89. The van der Waals surface area contributed by atoms with Gasteiger partial charge < -0.3 is 5.32 Å². The Morgan fingerprint density at radius 3 is 3.29 bits per heavy atom. The third-order valence-electron chi connectivity index (χ3n) is 3.06. The van der Waals surface area contributed by atoms with Crippen molar-refractivity contribution in [3.8, 4) is 0 Å². The van der Waals surface area contributed by atoms with Crippen molar-refractivity contribution in [1.29, 1.82) is 0 Å². The zero-order chi connectivity index (χ0) is 9.60. The first kappa shape index (κ1) is 7.80. The van der Waals surface area contributed by atoms with Crippen molar-refractivity contribution in [2.75, 3.05) is 5.32 Å². The Balaban J connectivity index is 2.18. The van der Waals surface area contributed by atoms with E-state index >= 15 is 0 Å². The van der Waals surface area contributed by atoms with Crippen molar-refractivity contribution < 1.29 is 0 Å². The second-order valence-electron chi connectivity index (χ2n) is 4.07. The number of fused-ring (bicyclic) bond motifs is 3. The summed E-state index contributed by atoms with van der Waals surface area (Å²) < 4.78 is 0. The van der Waals surface area contributed by atoms with Gasteiger partial charge in [-0.25, -0.2) is 4.98 Å². The number of rotatable bonds is 0. The standard InChI is InChI=1S/C12H12N2/c1-12-7-3-2-6-10(12)9-5-4-8-13-11(9)14-12/h2-8,10H,1H3,(H,13,14). The smallest absolute Gasteiger partial charge is 0.130 e. The van der Waals surface area contributed by atoms with Gasteiger partial charge in [0, 0.05) is 17.7 Å². The Morgan fingerprint density at radius 2 is 2.36 bits per heavy atom. The summed E-state index contributed by atoms with van der Waals surface area (Å²) in [6.45, 7) is 2.21. The van der Waals surface area contributed by atoms with E-state index in [1.807, 2.05) is 12.3 Å². The van der Waals surface area contributed by atoms with Crippen LogP contribution in [0.1, 0.15) is 18.4 Å². The number of nitrogens with zero attached hydrogens (tertiary/aromatic N) is 1. The van der Waals surface area contributed by atoms with Gasteiger partial charge >= 0.3 is 0 Å². The van der Waals surface area contributed by atoms with Gasteiger partial charge in [-0.05, 0) is 13.0 Å². The van der Waals surface area contributed by atoms with Crippen LogP contribution >= 0.6 is 0 Å². The molecule has 0 radical (unpaired) electrons. The fourth-order valence-corrected chi connectivity index (χ4v) is 2.31. The van der Waals surface area contributed by atoms with E-state index in [4.69, 9.17) is 0 Å².